The number of rotatable bonds is 6. The monoisotopic (exact) mass is 389 g/mol. The zero-order chi connectivity index (χ0) is 19.0. The first-order valence-corrected chi connectivity index (χ1v) is 11.8. The summed E-state index contributed by atoms with van der Waals surface area (Å²) in [5.41, 5.74) is 4.48. The molecule has 0 bridgehead atoms. The first-order chi connectivity index (χ1) is 13.0. The highest BCUT2D eigenvalue weighted by molar-refractivity contribution is 7.91. The van der Waals surface area contributed by atoms with Crippen molar-refractivity contribution in [1.29, 1.82) is 0 Å². The Morgan fingerprint density at radius 2 is 2.04 bits per heavy atom. The third-order valence-electron chi connectivity index (χ3n) is 5.93. The molecule has 2 aliphatic rings. The van der Waals surface area contributed by atoms with Crippen molar-refractivity contribution < 1.29 is 17.6 Å². The molecule has 2 aromatic rings. The van der Waals surface area contributed by atoms with Crippen molar-refractivity contribution >= 4 is 26.7 Å². The fourth-order valence-corrected chi connectivity index (χ4v) is 6.14. The van der Waals surface area contributed by atoms with Gasteiger partial charge in [0, 0.05) is 23.5 Å². The van der Waals surface area contributed by atoms with E-state index in [2.05, 4.69) is 19.1 Å². The van der Waals surface area contributed by atoms with E-state index in [4.69, 9.17) is 4.42 Å². The van der Waals surface area contributed by atoms with Gasteiger partial charge in [-0.15, -0.1) is 0 Å². The molecule has 1 aliphatic carbocycles. The second-order valence-corrected chi connectivity index (χ2v) is 10.1. The Morgan fingerprint density at radius 3 is 2.74 bits per heavy atom. The van der Waals surface area contributed by atoms with Crippen molar-refractivity contribution in [2.24, 2.45) is 0 Å². The molecule has 1 aromatic carbocycles. The first-order valence-electron chi connectivity index (χ1n) is 9.98. The number of hydrogen-bond donors (Lipinski definition) is 0. The molecular weight excluding hydrogens is 362 g/mol. The standard InChI is InChI=1S/C21H27NO4S/c1-2-3-8-22(18-7-9-27(24,25)14-18)21(23)12-17-13-26-20-11-16-6-4-5-15(16)10-19(17)20/h10-11,13,18H,2-9,12,14H2,1H3. The summed E-state index contributed by atoms with van der Waals surface area (Å²) in [4.78, 5) is 14.9. The van der Waals surface area contributed by atoms with Crippen LogP contribution >= 0.6 is 0 Å². The molecule has 1 unspecified atom stereocenters. The minimum absolute atomic E-state index is 0.00810. The number of aryl methyl sites for hydroxylation is 2. The third kappa shape index (κ3) is 3.77. The van der Waals surface area contributed by atoms with Gasteiger partial charge >= 0.3 is 0 Å². The summed E-state index contributed by atoms with van der Waals surface area (Å²) in [6.07, 6.45) is 7.75. The maximum Gasteiger partial charge on any atom is 0.227 e. The van der Waals surface area contributed by atoms with Gasteiger partial charge in [0.1, 0.15) is 5.58 Å². The van der Waals surface area contributed by atoms with Crippen LogP contribution in [0.3, 0.4) is 0 Å². The Kier molecular flexibility index (Phi) is 5.01. The molecule has 2 heterocycles. The Labute approximate surface area is 160 Å². The number of fused-ring (bicyclic) bond motifs is 2. The Hall–Kier alpha value is -1.82. The second kappa shape index (κ2) is 7.30. The number of carbonyl (C=O) groups excluding carboxylic acids is 1. The van der Waals surface area contributed by atoms with E-state index in [0.717, 1.165) is 42.2 Å². The van der Waals surface area contributed by atoms with Crippen LogP contribution in [0.15, 0.2) is 22.8 Å². The predicted molar refractivity (Wildman–Crippen MR) is 106 cm³/mol. The molecule has 1 atom stereocenters. The van der Waals surface area contributed by atoms with Gasteiger partial charge in [0.25, 0.3) is 0 Å². The topological polar surface area (TPSA) is 67.6 Å². The lowest BCUT2D eigenvalue weighted by molar-refractivity contribution is -0.132. The molecule has 0 radical (unpaired) electrons. The lowest BCUT2D eigenvalue weighted by Crippen LogP contribution is -2.42. The summed E-state index contributed by atoms with van der Waals surface area (Å²) in [6.45, 7) is 2.71. The van der Waals surface area contributed by atoms with Crippen LogP contribution in [-0.4, -0.2) is 43.3 Å². The fourth-order valence-electron chi connectivity index (χ4n) is 4.41. The van der Waals surface area contributed by atoms with E-state index in [0.29, 0.717) is 13.0 Å². The Balaban J connectivity index is 1.56. The lowest BCUT2D eigenvalue weighted by Gasteiger charge is -2.28. The van der Waals surface area contributed by atoms with E-state index in [-0.39, 0.29) is 29.9 Å². The van der Waals surface area contributed by atoms with Gasteiger partial charge in [-0.05, 0) is 55.4 Å². The van der Waals surface area contributed by atoms with Crippen LogP contribution in [0.25, 0.3) is 11.0 Å². The highest BCUT2D eigenvalue weighted by atomic mass is 32.2. The summed E-state index contributed by atoms with van der Waals surface area (Å²) in [5.74, 6) is 0.296. The number of sulfone groups is 1. The molecular formula is C21H27NO4S. The fraction of sp³-hybridized carbons (Fsp3) is 0.571. The number of benzene rings is 1. The summed E-state index contributed by atoms with van der Waals surface area (Å²) in [7, 11) is -3.01. The van der Waals surface area contributed by atoms with Crippen LogP contribution in [0.4, 0.5) is 0 Å². The highest BCUT2D eigenvalue weighted by Gasteiger charge is 2.34. The van der Waals surface area contributed by atoms with Crippen molar-refractivity contribution in [2.45, 2.75) is 57.9 Å². The number of carbonyl (C=O) groups is 1. The summed E-state index contributed by atoms with van der Waals surface area (Å²) < 4.78 is 29.5. The Morgan fingerprint density at radius 1 is 1.26 bits per heavy atom. The first kappa shape index (κ1) is 18.5. The molecule has 1 fully saturated rings. The van der Waals surface area contributed by atoms with Crippen LogP contribution in [0.5, 0.6) is 0 Å². The van der Waals surface area contributed by atoms with Crippen molar-refractivity contribution in [2.75, 3.05) is 18.1 Å². The number of hydrogen-bond acceptors (Lipinski definition) is 4. The van der Waals surface area contributed by atoms with Crippen LogP contribution < -0.4 is 0 Å². The minimum Gasteiger partial charge on any atom is -0.464 e. The normalized spacial score (nSPS) is 20.9. The highest BCUT2D eigenvalue weighted by Crippen LogP contribution is 2.31. The molecule has 4 rings (SSSR count). The smallest absolute Gasteiger partial charge is 0.227 e. The number of amides is 1. The van der Waals surface area contributed by atoms with Gasteiger partial charge < -0.3 is 9.32 Å². The lowest BCUT2D eigenvalue weighted by atomic mass is 10.0. The number of nitrogens with zero attached hydrogens (tertiary/aromatic N) is 1. The molecule has 27 heavy (non-hydrogen) atoms. The van der Waals surface area contributed by atoms with E-state index in [1.165, 1.54) is 17.5 Å². The molecule has 0 spiro atoms. The SMILES string of the molecule is CCCCN(C(=O)Cc1coc2cc3c(cc12)CCC3)C1CCS(=O)(=O)C1. The van der Waals surface area contributed by atoms with Crippen molar-refractivity contribution in [3.8, 4) is 0 Å². The summed E-state index contributed by atoms with van der Waals surface area (Å²) in [6, 6.07) is 4.11. The molecule has 6 heteroatoms. The van der Waals surface area contributed by atoms with E-state index >= 15 is 0 Å². The number of furan rings is 1. The molecule has 1 aliphatic heterocycles. The van der Waals surface area contributed by atoms with Gasteiger partial charge in [-0.2, -0.15) is 0 Å². The summed E-state index contributed by atoms with van der Waals surface area (Å²) in [5, 5.41) is 1.03. The van der Waals surface area contributed by atoms with E-state index in [1.54, 1.807) is 11.2 Å². The van der Waals surface area contributed by atoms with Gasteiger partial charge in [-0.1, -0.05) is 13.3 Å². The van der Waals surface area contributed by atoms with Gasteiger partial charge in [0.05, 0.1) is 24.2 Å². The van der Waals surface area contributed by atoms with Gasteiger partial charge in [-0.3, -0.25) is 4.79 Å². The van der Waals surface area contributed by atoms with Crippen molar-refractivity contribution in [3.05, 3.63) is 35.1 Å². The largest absolute Gasteiger partial charge is 0.464 e. The van der Waals surface area contributed by atoms with Gasteiger partial charge in [0.2, 0.25) is 5.91 Å². The molecule has 0 saturated carbocycles. The maximum atomic E-state index is 13.1. The van der Waals surface area contributed by atoms with Crippen LogP contribution in [0.2, 0.25) is 0 Å². The van der Waals surface area contributed by atoms with Crippen molar-refractivity contribution in [3.63, 3.8) is 0 Å². The van der Waals surface area contributed by atoms with E-state index in [1.807, 2.05) is 0 Å². The van der Waals surface area contributed by atoms with Gasteiger partial charge in [0.15, 0.2) is 9.84 Å². The number of unbranched alkanes of at least 4 members (excludes halogenated alkanes) is 1. The van der Waals surface area contributed by atoms with Crippen LogP contribution in [0.1, 0.15) is 49.3 Å². The van der Waals surface area contributed by atoms with E-state index < -0.39 is 9.84 Å². The van der Waals surface area contributed by atoms with Crippen LogP contribution in [0, 0.1) is 0 Å². The Bertz CT molecular complexity index is 960. The van der Waals surface area contributed by atoms with E-state index in [9.17, 15) is 13.2 Å². The molecule has 1 aromatic heterocycles. The molecule has 1 saturated heterocycles. The third-order valence-corrected chi connectivity index (χ3v) is 7.68. The second-order valence-electron chi connectivity index (χ2n) is 7.91. The molecule has 1 amide bonds. The quantitative estimate of drug-likeness (QED) is 0.760. The molecule has 0 N–H and O–H groups in total. The van der Waals surface area contributed by atoms with Crippen LogP contribution in [-0.2, 0) is 33.9 Å². The average molecular weight is 390 g/mol. The minimum atomic E-state index is -3.01. The summed E-state index contributed by atoms with van der Waals surface area (Å²) >= 11 is 0. The predicted octanol–water partition coefficient (Wildman–Crippen LogP) is 3.28. The molecule has 5 nitrogen and oxygen atoms in total. The zero-order valence-electron chi connectivity index (χ0n) is 15.9. The molecule has 146 valence electrons. The van der Waals surface area contributed by atoms with Gasteiger partial charge in [-0.25, -0.2) is 8.42 Å². The maximum absolute atomic E-state index is 13.1. The zero-order valence-corrected chi connectivity index (χ0v) is 16.7. The van der Waals surface area contributed by atoms with Crippen molar-refractivity contribution in [1.82, 2.24) is 4.90 Å². The average Bonchev–Trinajstić information content (AvgIpc) is 3.32.